The van der Waals surface area contributed by atoms with Gasteiger partial charge in [0.2, 0.25) is 10.0 Å². The number of benzene rings is 2. The molecule has 2 aromatic carbocycles. The molecule has 2 aromatic rings. The molecule has 1 unspecified atom stereocenters. The van der Waals surface area contributed by atoms with Gasteiger partial charge in [0.15, 0.2) is 0 Å². The summed E-state index contributed by atoms with van der Waals surface area (Å²) in [6.45, 7) is 4.27. The number of nitrogens with one attached hydrogen (secondary N) is 1. The van der Waals surface area contributed by atoms with E-state index in [9.17, 15) is 28.4 Å². The van der Waals surface area contributed by atoms with Crippen LogP contribution in [0.15, 0.2) is 59.5 Å². The molecule has 1 heterocycles. The summed E-state index contributed by atoms with van der Waals surface area (Å²) in [5.41, 5.74) is 0.609. The zero-order chi connectivity index (χ0) is 27.0. The van der Waals surface area contributed by atoms with Gasteiger partial charge < -0.3 is 19.9 Å². The molecular formula is C25H33N3O8S. The molecule has 0 aliphatic carbocycles. The topological polar surface area (TPSA) is 148 Å². The minimum absolute atomic E-state index is 0.0760. The summed E-state index contributed by atoms with van der Waals surface area (Å²) in [5, 5.41) is 24.9. The number of hydrogen-bond donors (Lipinski definition) is 2. The third-order valence-electron chi connectivity index (χ3n) is 5.87. The molecule has 202 valence electrons. The fraction of sp³-hybridized carbons (Fsp3) is 0.480. The standard InChI is InChI=1S/C25H33N3O8S/c1-18(2)15-27(37(33,34)22-10-8-20(9-11-22)28(31)32)16-24(29)23(14-19-6-4-3-5-7-19)26-25(30)36-21-12-13-35-17-21/h3-11,18,21,23-24,29H,12-17H2,1-2H3,(H,26,30)/t21?,23-,24+/m0/s1. The zero-order valence-electron chi connectivity index (χ0n) is 20.9. The van der Waals surface area contributed by atoms with Gasteiger partial charge in [-0.25, -0.2) is 13.2 Å². The van der Waals surface area contributed by atoms with Crippen LogP contribution in [-0.4, -0.2) is 73.4 Å². The Labute approximate surface area is 216 Å². The van der Waals surface area contributed by atoms with Gasteiger partial charge in [-0.1, -0.05) is 44.2 Å². The Balaban J connectivity index is 1.81. The third-order valence-corrected chi connectivity index (χ3v) is 7.72. The number of non-ortho nitro benzene ring substituents is 1. The van der Waals surface area contributed by atoms with E-state index in [1.807, 2.05) is 44.2 Å². The van der Waals surface area contributed by atoms with Crippen molar-refractivity contribution in [2.75, 3.05) is 26.3 Å². The van der Waals surface area contributed by atoms with E-state index in [4.69, 9.17) is 9.47 Å². The van der Waals surface area contributed by atoms with Crippen LogP contribution in [-0.2, 0) is 25.9 Å². The summed E-state index contributed by atoms with van der Waals surface area (Å²) < 4.78 is 38.6. The molecule has 0 bridgehead atoms. The summed E-state index contributed by atoms with van der Waals surface area (Å²) in [6.07, 6.45) is -1.56. The number of aliphatic hydroxyl groups is 1. The number of aliphatic hydroxyl groups excluding tert-OH is 1. The second-order valence-electron chi connectivity index (χ2n) is 9.37. The number of nitro benzene ring substituents is 1. The van der Waals surface area contributed by atoms with E-state index in [0.717, 1.165) is 22.0 Å². The van der Waals surface area contributed by atoms with Crippen molar-refractivity contribution in [3.63, 3.8) is 0 Å². The van der Waals surface area contributed by atoms with Crippen molar-refractivity contribution in [2.24, 2.45) is 5.92 Å². The monoisotopic (exact) mass is 535 g/mol. The number of rotatable bonds is 12. The Bertz CT molecular complexity index is 1140. The lowest BCUT2D eigenvalue weighted by Crippen LogP contribution is -2.51. The Morgan fingerprint density at radius 2 is 1.86 bits per heavy atom. The van der Waals surface area contributed by atoms with Crippen LogP contribution in [0.5, 0.6) is 0 Å². The first-order valence-corrected chi connectivity index (χ1v) is 13.5. The number of ether oxygens (including phenoxy) is 2. The average Bonchev–Trinajstić information content (AvgIpc) is 3.36. The van der Waals surface area contributed by atoms with Crippen molar-refractivity contribution in [3.05, 3.63) is 70.3 Å². The van der Waals surface area contributed by atoms with Gasteiger partial charge in [0.25, 0.3) is 5.69 Å². The highest BCUT2D eigenvalue weighted by Gasteiger charge is 2.32. The second kappa shape index (κ2) is 13.0. The number of hydrogen-bond acceptors (Lipinski definition) is 8. The smallest absolute Gasteiger partial charge is 0.407 e. The predicted octanol–water partition coefficient (Wildman–Crippen LogP) is 2.73. The largest absolute Gasteiger partial charge is 0.444 e. The first kappa shape index (κ1) is 28.5. The number of alkyl carbamates (subject to hydrolysis) is 1. The Morgan fingerprint density at radius 3 is 2.43 bits per heavy atom. The molecular weight excluding hydrogens is 502 g/mol. The summed E-state index contributed by atoms with van der Waals surface area (Å²) in [7, 11) is -4.10. The van der Waals surface area contributed by atoms with Crippen LogP contribution in [0, 0.1) is 16.0 Å². The quantitative estimate of drug-likeness (QED) is 0.311. The number of sulfonamides is 1. The second-order valence-corrected chi connectivity index (χ2v) is 11.3. The van der Waals surface area contributed by atoms with Gasteiger partial charge in [0, 0.05) is 31.6 Å². The van der Waals surface area contributed by atoms with E-state index < -0.39 is 33.2 Å². The fourth-order valence-electron chi connectivity index (χ4n) is 4.00. The summed E-state index contributed by atoms with van der Waals surface area (Å²) in [4.78, 5) is 22.8. The highest BCUT2D eigenvalue weighted by molar-refractivity contribution is 7.89. The van der Waals surface area contributed by atoms with Crippen LogP contribution in [0.3, 0.4) is 0 Å². The van der Waals surface area contributed by atoms with Crippen molar-refractivity contribution in [1.82, 2.24) is 9.62 Å². The minimum Gasteiger partial charge on any atom is -0.444 e. The molecule has 2 N–H and O–H groups in total. The van der Waals surface area contributed by atoms with Crippen LogP contribution >= 0.6 is 0 Å². The van der Waals surface area contributed by atoms with E-state index in [2.05, 4.69) is 5.32 Å². The highest BCUT2D eigenvalue weighted by atomic mass is 32.2. The van der Waals surface area contributed by atoms with Crippen molar-refractivity contribution >= 4 is 21.8 Å². The van der Waals surface area contributed by atoms with Crippen LogP contribution in [0.1, 0.15) is 25.8 Å². The first-order chi connectivity index (χ1) is 17.6. The molecule has 0 spiro atoms. The van der Waals surface area contributed by atoms with E-state index in [-0.39, 0.29) is 42.1 Å². The lowest BCUT2D eigenvalue weighted by molar-refractivity contribution is -0.384. The summed E-state index contributed by atoms with van der Waals surface area (Å²) >= 11 is 0. The van der Waals surface area contributed by atoms with Gasteiger partial charge >= 0.3 is 6.09 Å². The SMILES string of the molecule is CC(C)CN(C[C@@H](O)[C@H](Cc1ccccc1)NC(=O)OC1CCOC1)S(=O)(=O)c1ccc([N+](=O)[O-])cc1. The molecule has 0 radical (unpaired) electrons. The molecule has 3 rings (SSSR count). The maximum absolute atomic E-state index is 13.4. The van der Waals surface area contributed by atoms with Gasteiger partial charge in [-0.05, 0) is 30.0 Å². The maximum atomic E-state index is 13.4. The van der Waals surface area contributed by atoms with Gasteiger partial charge in [0.1, 0.15) is 6.10 Å². The molecule has 1 saturated heterocycles. The third kappa shape index (κ3) is 8.22. The van der Waals surface area contributed by atoms with Crippen LogP contribution in [0.4, 0.5) is 10.5 Å². The highest BCUT2D eigenvalue weighted by Crippen LogP contribution is 2.22. The predicted molar refractivity (Wildman–Crippen MR) is 135 cm³/mol. The lowest BCUT2D eigenvalue weighted by atomic mass is 10.0. The summed E-state index contributed by atoms with van der Waals surface area (Å²) in [6, 6.07) is 12.9. The molecule has 1 aliphatic heterocycles. The van der Waals surface area contributed by atoms with E-state index >= 15 is 0 Å². The molecule has 3 atom stereocenters. The van der Waals surface area contributed by atoms with Crippen molar-refractivity contribution in [3.8, 4) is 0 Å². The molecule has 1 amide bonds. The Hall–Kier alpha value is -3.06. The number of carbonyl (C=O) groups is 1. The molecule has 12 heteroatoms. The maximum Gasteiger partial charge on any atom is 0.407 e. The molecule has 1 fully saturated rings. The number of nitrogens with zero attached hydrogens (tertiary/aromatic N) is 2. The molecule has 37 heavy (non-hydrogen) atoms. The molecule has 0 aromatic heterocycles. The van der Waals surface area contributed by atoms with E-state index in [1.54, 1.807) is 0 Å². The van der Waals surface area contributed by atoms with E-state index in [1.165, 1.54) is 12.1 Å². The summed E-state index contributed by atoms with van der Waals surface area (Å²) in [5.74, 6) is -0.0760. The van der Waals surface area contributed by atoms with Crippen molar-refractivity contribution in [1.29, 1.82) is 0 Å². The van der Waals surface area contributed by atoms with Crippen molar-refractivity contribution in [2.45, 2.75) is 49.8 Å². The number of nitro groups is 1. The average molecular weight is 536 g/mol. The van der Waals surface area contributed by atoms with E-state index in [0.29, 0.717) is 19.6 Å². The first-order valence-electron chi connectivity index (χ1n) is 12.1. The van der Waals surface area contributed by atoms with Crippen LogP contribution < -0.4 is 5.32 Å². The zero-order valence-corrected chi connectivity index (χ0v) is 21.7. The Morgan fingerprint density at radius 1 is 1.19 bits per heavy atom. The Kier molecular flexibility index (Phi) is 9.98. The number of amides is 1. The normalized spacial score (nSPS) is 17.5. The molecule has 0 saturated carbocycles. The lowest BCUT2D eigenvalue weighted by Gasteiger charge is -2.30. The minimum atomic E-state index is -4.10. The molecule has 11 nitrogen and oxygen atoms in total. The van der Waals surface area contributed by atoms with Gasteiger partial charge in [-0.3, -0.25) is 10.1 Å². The van der Waals surface area contributed by atoms with Crippen LogP contribution in [0.25, 0.3) is 0 Å². The molecule has 1 aliphatic rings. The van der Waals surface area contributed by atoms with Gasteiger partial charge in [-0.2, -0.15) is 4.31 Å². The van der Waals surface area contributed by atoms with Crippen LogP contribution in [0.2, 0.25) is 0 Å². The van der Waals surface area contributed by atoms with Gasteiger partial charge in [-0.15, -0.1) is 0 Å². The van der Waals surface area contributed by atoms with Gasteiger partial charge in [0.05, 0.1) is 35.2 Å². The van der Waals surface area contributed by atoms with Crippen molar-refractivity contribution < 1.29 is 32.7 Å². The fourth-order valence-corrected chi connectivity index (χ4v) is 5.62. The number of carbonyl (C=O) groups excluding carboxylic acids is 1.